The van der Waals surface area contributed by atoms with Gasteiger partial charge in [-0.25, -0.2) is 0 Å². The van der Waals surface area contributed by atoms with Gasteiger partial charge in [-0.3, -0.25) is 4.79 Å². The Labute approximate surface area is 241 Å². The first kappa shape index (κ1) is 31.5. The molecule has 9 heteroatoms. The maximum Gasteiger partial charge on any atom is 0.174 e. The second-order valence-corrected chi connectivity index (χ2v) is 12.3. The molecule has 228 valence electrons. The topological polar surface area (TPSA) is 108 Å². The van der Waals surface area contributed by atoms with E-state index in [4.69, 9.17) is 18.9 Å². The highest BCUT2D eigenvalue weighted by atomic mass is 16.7. The number of nitrogens with zero attached hydrogens (tertiary/aromatic N) is 3. The first-order valence-corrected chi connectivity index (χ1v) is 16.5. The SMILES string of the molecule is CC(CCCCCCCOC1CCCCO1)[C@@H]1[C@@H](OC2CCCCO2)CC(=O)[C@H]1CCCCCCc1nn[nH]n1. The lowest BCUT2D eigenvalue weighted by Crippen LogP contribution is -2.34. The van der Waals surface area contributed by atoms with E-state index < -0.39 is 0 Å². The van der Waals surface area contributed by atoms with Crippen LogP contribution < -0.4 is 0 Å². The van der Waals surface area contributed by atoms with Gasteiger partial charge in [0, 0.05) is 38.6 Å². The van der Waals surface area contributed by atoms with Crippen LogP contribution in [0.25, 0.3) is 0 Å². The lowest BCUT2D eigenvalue weighted by atomic mass is 9.78. The molecule has 1 saturated carbocycles. The van der Waals surface area contributed by atoms with Crippen LogP contribution in [0.5, 0.6) is 0 Å². The largest absolute Gasteiger partial charge is 0.353 e. The first-order chi connectivity index (χ1) is 19.7. The van der Waals surface area contributed by atoms with Crippen LogP contribution in [-0.4, -0.2) is 64.9 Å². The Balaban J connectivity index is 1.16. The zero-order valence-electron chi connectivity index (χ0n) is 24.9. The summed E-state index contributed by atoms with van der Waals surface area (Å²) in [5, 5.41) is 14.2. The molecule has 40 heavy (non-hydrogen) atoms. The molecule has 6 atom stereocenters. The minimum Gasteiger partial charge on any atom is -0.353 e. The average molecular weight is 563 g/mol. The summed E-state index contributed by atoms with van der Waals surface area (Å²) in [6.45, 7) is 4.79. The van der Waals surface area contributed by atoms with Crippen molar-refractivity contribution in [2.75, 3.05) is 19.8 Å². The zero-order chi connectivity index (χ0) is 27.8. The molecule has 1 N–H and O–H groups in total. The van der Waals surface area contributed by atoms with Crippen LogP contribution in [0, 0.1) is 17.8 Å². The molecule has 0 amide bonds. The molecule has 1 aromatic rings. The predicted molar refractivity (Wildman–Crippen MR) is 152 cm³/mol. The molecule has 3 fully saturated rings. The van der Waals surface area contributed by atoms with Crippen LogP contribution in [-0.2, 0) is 30.2 Å². The van der Waals surface area contributed by atoms with Gasteiger partial charge in [0.2, 0.25) is 0 Å². The first-order valence-electron chi connectivity index (χ1n) is 16.5. The minimum absolute atomic E-state index is 0.00740. The number of H-pyrrole nitrogens is 1. The Bertz CT molecular complexity index is 798. The maximum atomic E-state index is 13.2. The highest BCUT2D eigenvalue weighted by Crippen LogP contribution is 2.42. The fourth-order valence-corrected chi connectivity index (χ4v) is 6.87. The van der Waals surface area contributed by atoms with E-state index in [2.05, 4.69) is 27.5 Å². The number of aromatic amines is 1. The number of aromatic nitrogens is 4. The third-order valence-corrected chi connectivity index (χ3v) is 9.13. The number of carbonyl (C=O) groups is 1. The average Bonchev–Trinajstić information content (AvgIpc) is 3.60. The smallest absolute Gasteiger partial charge is 0.174 e. The number of hydrogen-bond donors (Lipinski definition) is 1. The molecule has 3 heterocycles. The van der Waals surface area contributed by atoms with Crippen LogP contribution >= 0.6 is 0 Å². The number of rotatable bonds is 19. The zero-order valence-corrected chi connectivity index (χ0v) is 24.9. The van der Waals surface area contributed by atoms with Gasteiger partial charge in [0.15, 0.2) is 18.4 Å². The molecular formula is C31H54N4O5. The summed E-state index contributed by atoms with van der Waals surface area (Å²) in [6.07, 6.45) is 20.5. The van der Waals surface area contributed by atoms with Gasteiger partial charge in [-0.1, -0.05) is 63.5 Å². The summed E-state index contributed by atoms with van der Waals surface area (Å²) in [4.78, 5) is 13.2. The van der Waals surface area contributed by atoms with E-state index in [1.54, 1.807) is 0 Å². The summed E-state index contributed by atoms with van der Waals surface area (Å²) in [5.74, 6) is 2.11. The minimum atomic E-state index is -0.133. The molecule has 0 aromatic carbocycles. The van der Waals surface area contributed by atoms with Gasteiger partial charge < -0.3 is 18.9 Å². The van der Waals surface area contributed by atoms with Crippen molar-refractivity contribution in [3.05, 3.63) is 5.82 Å². The highest BCUT2D eigenvalue weighted by Gasteiger charge is 2.46. The summed E-state index contributed by atoms with van der Waals surface area (Å²) in [7, 11) is 0. The van der Waals surface area contributed by atoms with E-state index >= 15 is 0 Å². The van der Waals surface area contributed by atoms with Gasteiger partial charge in [0.1, 0.15) is 5.78 Å². The third-order valence-electron chi connectivity index (χ3n) is 9.13. The Morgan fingerprint density at radius 2 is 1.62 bits per heavy atom. The quantitative estimate of drug-likeness (QED) is 0.195. The number of nitrogens with one attached hydrogen (secondary N) is 1. The van der Waals surface area contributed by atoms with Crippen molar-refractivity contribution in [3.8, 4) is 0 Å². The van der Waals surface area contributed by atoms with Crippen molar-refractivity contribution in [2.45, 2.75) is 148 Å². The van der Waals surface area contributed by atoms with E-state index in [-0.39, 0.29) is 24.6 Å². The van der Waals surface area contributed by atoms with Crippen molar-refractivity contribution in [1.82, 2.24) is 20.6 Å². The van der Waals surface area contributed by atoms with Crippen molar-refractivity contribution in [1.29, 1.82) is 0 Å². The van der Waals surface area contributed by atoms with Crippen molar-refractivity contribution in [2.24, 2.45) is 17.8 Å². The van der Waals surface area contributed by atoms with Gasteiger partial charge in [-0.15, -0.1) is 10.2 Å². The standard InChI is InChI=1S/C31H54N4O5/c1-24(15-7-3-2-6-12-20-37-29-18-10-13-21-38-29)31-25(16-8-4-5-9-17-28-32-34-35-33-28)26(36)23-27(31)40-30-19-11-14-22-39-30/h24-25,27,29-31H,2-23H2,1H3,(H,32,33,34,35)/t24?,25-,27+,29?,30?,31+/m1/s1. The number of hydrogen-bond acceptors (Lipinski definition) is 8. The van der Waals surface area contributed by atoms with Gasteiger partial charge >= 0.3 is 0 Å². The van der Waals surface area contributed by atoms with E-state index in [9.17, 15) is 4.79 Å². The Kier molecular flexibility index (Phi) is 14.3. The van der Waals surface area contributed by atoms with Crippen LogP contribution in [0.1, 0.15) is 128 Å². The molecule has 4 rings (SSSR count). The van der Waals surface area contributed by atoms with E-state index in [0.717, 1.165) is 103 Å². The van der Waals surface area contributed by atoms with Gasteiger partial charge in [-0.05, 0) is 69.6 Å². The number of carbonyl (C=O) groups excluding carboxylic acids is 1. The lowest BCUT2D eigenvalue weighted by molar-refractivity contribution is -0.199. The van der Waals surface area contributed by atoms with Crippen molar-refractivity contribution in [3.63, 3.8) is 0 Å². The number of ketones is 1. The van der Waals surface area contributed by atoms with E-state index in [0.29, 0.717) is 24.0 Å². The fourth-order valence-electron chi connectivity index (χ4n) is 6.87. The highest BCUT2D eigenvalue weighted by molar-refractivity contribution is 5.84. The van der Waals surface area contributed by atoms with Crippen LogP contribution in [0.3, 0.4) is 0 Å². The molecule has 0 radical (unpaired) electrons. The van der Waals surface area contributed by atoms with E-state index in [1.165, 1.54) is 38.5 Å². The number of unbranched alkanes of at least 4 members (excludes halogenated alkanes) is 7. The number of tetrazole rings is 1. The molecule has 3 unspecified atom stereocenters. The molecule has 1 aliphatic carbocycles. The normalized spacial score (nSPS) is 28.2. The second kappa shape index (κ2) is 18.2. The molecule has 0 spiro atoms. The van der Waals surface area contributed by atoms with Crippen LogP contribution in [0.4, 0.5) is 0 Å². The van der Waals surface area contributed by atoms with E-state index in [1.807, 2.05) is 0 Å². The molecular weight excluding hydrogens is 508 g/mol. The maximum absolute atomic E-state index is 13.2. The molecule has 2 aliphatic heterocycles. The third kappa shape index (κ3) is 10.8. The number of ether oxygens (including phenoxy) is 4. The molecule has 2 saturated heterocycles. The molecule has 9 nitrogen and oxygen atoms in total. The van der Waals surface area contributed by atoms with Crippen molar-refractivity contribution >= 4 is 5.78 Å². The number of Topliss-reactive ketones (excluding diaryl/α,β-unsaturated/α-hetero) is 1. The van der Waals surface area contributed by atoms with Gasteiger partial charge in [-0.2, -0.15) is 5.21 Å². The second-order valence-electron chi connectivity index (χ2n) is 12.3. The molecule has 0 bridgehead atoms. The number of aryl methyl sites for hydroxylation is 1. The Morgan fingerprint density at radius 1 is 0.900 bits per heavy atom. The molecule has 3 aliphatic rings. The lowest BCUT2D eigenvalue weighted by Gasteiger charge is -2.33. The Morgan fingerprint density at radius 3 is 2.38 bits per heavy atom. The fraction of sp³-hybridized carbons (Fsp3) is 0.935. The van der Waals surface area contributed by atoms with Crippen molar-refractivity contribution < 1.29 is 23.7 Å². The van der Waals surface area contributed by atoms with Crippen LogP contribution in [0.15, 0.2) is 0 Å². The molecule has 1 aromatic heterocycles. The summed E-state index contributed by atoms with van der Waals surface area (Å²) < 4.78 is 23.9. The summed E-state index contributed by atoms with van der Waals surface area (Å²) >= 11 is 0. The Hall–Kier alpha value is -1.42. The monoisotopic (exact) mass is 562 g/mol. The summed E-state index contributed by atoms with van der Waals surface area (Å²) in [5.41, 5.74) is 0. The predicted octanol–water partition coefficient (Wildman–Crippen LogP) is 6.33. The summed E-state index contributed by atoms with van der Waals surface area (Å²) in [6, 6.07) is 0. The van der Waals surface area contributed by atoms with Crippen LogP contribution in [0.2, 0.25) is 0 Å². The van der Waals surface area contributed by atoms with Gasteiger partial charge in [0.05, 0.1) is 6.10 Å². The van der Waals surface area contributed by atoms with Gasteiger partial charge in [0.25, 0.3) is 0 Å².